The van der Waals surface area contributed by atoms with E-state index in [0.717, 1.165) is 25.7 Å². The molecule has 0 atom stereocenters. The minimum absolute atomic E-state index is 0.0645. The van der Waals surface area contributed by atoms with Crippen LogP contribution in [0.1, 0.15) is 52.1 Å². The van der Waals surface area contributed by atoms with Crippen LogP contribution in [0, 0.1) is 0 Å². The van der Waals surface area contributed by atoms with Crippen molar-refractivity contribution in [3.05, 3.63) is 29.1 Å². The fourth-order valence-electron chi connectivity index (χ4n) is 3.02. The minimum Gasteiger partial charge on any atom is -0.394 e. The van der Waals surface area contributed by atoms with Gasteiger partial charge in [-0.3, -0.25) is 14.6 Å². The van der Waals surface area contributed by atoms with Crippen LogP contribution in [-0.2, 0) is 6.54 Å². The lowest BCUT2D eigenvalue weighted by Crippen LogP contribution is -2.49. The maximum absolute atomic E-state index is 12.4. The van der Waals surface area contributed by atoms with Gasteiger partial charge in [-0.25, -0.2) is 0 Å². The highest BCUT2D eigenvalue weighted by molar-refractivity contribution is 6.03. The standard InChI is InChI=1S/C14H17N3O3/c18-8-14(4-1-2-5-14)17-13(20)11-10-7-16-12(19)9(10)3-6-15-11/h3,6,18H,1-2,4-5,7-8H2,(H,16,19)(H,17,20). The summed E-state index contributed by atoms with van der Waals surface area (Å²) in [5.74, 6) is -0.483. The van der Waals surface area contributed by atoms with Crippen molar-refractivity contribution in [1.29, 1.82) is 0 Å². The molecule has 3 rings (SSSR count). The number of aromatic nitrogens is 1. The zero-order valence-electron chi connectivity index (χ0n) is 11.1. The first kappa shape index (κ1) is 13.1. The Morgan fingerprint density at radius 1 is 1.45 bits per heavy atom. The van der Waals surface area contributed by atoms with Gasteiger partial charge in [0.05, 0.1) is 12.1 Å². The zero-order valence-corrected chi connectivity index (χ0v) is 11.1. The molecule has 106 valence electrons. The van der Waals surface area contributed by atoms with E-state index < -0.39 is 5.54 Å². The lowest BCUT2D eigenvalue weighted by molar-refractivity contribution is 0.0832. The molecular formula is C14H17N3O3. The van der Waals surface area contributed by atoms with Crippen LogP contribution in [0.3, 0.4) is 0 Å². The number of fused-ring (bicyclic) bond motifs is 1. The summed E-state index contributed by atoms with van der Waals surface area (Å²) < 4.78 is 0. The number of hydrogen-bond acceptors (Lipinski definition) is 4. The lowest BCUT2D eigenvalue weighted by Gasteiger charge is -2.28. The Hall–Kier alpha value is -1.95. The van der Waals surface area contributed by atoms with E-state index in [2.05, 4.69) is 15.6 Å². The van der Waals surface area contributed by atoms with Gasteiger partial charge in [0, 0.05) is 23.9 Å². The second kappa shape index (κ2) is 4.86. The van der Waals surface area contributed by atoms with Gasteiger partial charge in [0.1, 0.15) is 5.69 Å². The van der Waals surface area contributed by atoms with Crippen molar-refractivity contribution in [1.82, 2.24) is 15.6 Å². The van der Waals surface area contributed by atoms with Gasteiger partial charge in [0.15, 0.2) is 0 Å². The Labute approximate surface area is 116 Å². The molecule has 1 aliphatic carbocycles. The Morgan fingerprint density at radius 2 is 2.20 bits per heavy atom. The van der Waals surface area contributed by atoms with Crippen LogP contribution in [0.15, 0.2) is 12.3 Å². The molecule has 2 heterocycles. The van der Waals surface area contributed by atoms with Crippen LogP contribution in [-0.4, -0.2) is 34.1 Å². The fourth-order valence-corrected chi connectivity index (χ4v) is 3.02. The van der Waals surface area contributed by atoms with E-state index in [0.29, 0.717) is 17.7 Å². The molecule has 1 aromatic rings. The predicted molar refractivity (Wildman–Crippen MR) is 71.2 cm³/mol. The molecule has 2 aliphatic rings. The number of carbonyl (C=O) groups excluding carboxylic acids is 2. The van der Waals surface area contributed by atoms with Gasteiger partial charge in [-0.2, -0.15) is 0 Å². The molecule has 1 saturated carbocycles. The SMILES string of the molecule is O=C1NCc2c1ccnc2C(=O)NC1(CO)CCCC1. The third-order valence-corrected chi connectivity index (χ3v) is 4.18. The molecule has 6 heteroatoms. The highest BCUT2D eigenvalue weighted by atomic mass is 16.3. The quantitative estimate of drug-likeness (QED) is 0.742. The van der Waals surface area contributed by atoms with Crippen molar-refractivity contribution in [2.24, 2.45) is 0 Å². The summed E-state index contributed by atoms with van der Waals surface area (Å²) >= 11 is 0. The average molecular weight is 275 g/mol. The van der Waals surface area contributed by atoms with Crippen LogP contribution >= 0.6 is 0 Å². The summed E-state index contributed by atoms with van der Waals surface area (Å²) in [4.78, 5) is 28.1. The Kier molecular flexibility index (Phi) is 3.17. The van der Waals surface area contributed by atoms with E-state index in [1.54, 1.807) is 6.07 Å². The van der Waals surface area contributed by atoms with Gasteiger partial charge >= 0.3 is 0 Å². The average Bonchev–Trinajstić information content (AvgIpc) is 3.07. The number of pyridine rings is 1. The number of amides is 2. The van der Waals surface area contributed by atoms with Crippen molar-refractivity contribution in [2.45, 2.75) is 37.8 Å². The monoisotopic (exact) mass is 275 g/mol. The Morgan fingerprint density at radius 3 is 2.90 bits per heavy atom. The number of rotatable bonds is 3. The molecule has 0 bridgehead atoms. The Balaban J connectivity index is 1.87. The summed E-state index contributed by atoms with van der Waals surface area (Å²) in [5.41, 5.74) is 0.897. The van der Waals surface area contributed by atoms with Crippen molar-refractivity contribution in [3.63, 3.8) is 0 Å². The van der Waals surface area contributed by atoms with Gasteiger partial charge in [-0.15, -0.1) is 0 Å². The van der Waals surface area contributed by atoms with Crippen molar-refractivity contribution >= 4 is 11.8 Å². The molecular weight excluding hydrogens is 258 g/mol. The van der Waals surface area contributed by atoms with E-state index in [9.17, 15) is 14.7 Å². The second-order valence-electron chi connectivity index (χ2n) is 5.47. The third kappa shape index (κ3) is 2.06. The first-order chi connectivity index (χ1) is 9.65. The first-order valence-corrected chi connectivity index (χ1v) is 6.85. The van der Waals surface area contributed by atoms with E-state index in [-0.39, 0.29) is 24.1 Å². The molecule has 0 saturated heterocycles. The van der Waals surface area contributed by atoms with E-state index in [1.165, 1.54) is 6.20 Å². The van der Waals surface area contributed by atoms with E-state index >= 15 is 0 Å². The maximum Gasteiger partial charge on any atom is 0.270 e. The zero-order chi connectivity index (χ0) is 14.2. The normalized spacial score (nSPS) is 19.6. The van der Waals surface area contributed by atoms with E-state index in [4.69, 9.17) is 0 Å². The molecule has 1 aromatic heterocycles. The molecule has 2 amide bonds. The Bertz CT molecular complexity index is 565. The summed E-state index contributed by atoms with van der Waals surface area (Å²) in [5, 5.41) is 15.1. The number of carbonyl (C=O) groups is 2. The van der Waals surface area contributed by atoms with Gasteiger partial charge in [0.2, 0.25) is 0 Å². The predicted octanol–water partition coefficient (Wildman–Crippen LogP) is 0.360. The molecule has 0 aromatic carbocycles. The van der Waals surface area contributed by atoms with Crippen molar-refractivity contribution in [3.8, 4) is 0 Å². The third-order valence-electron chi connectivity index (χ3n) is 4.18. The molecule has 0 spiro atoms. The molecule has 0 radical (unpaired) electrons. The minimum atomic E-state index is -0.530. The van der Waals surface area contributed by atoms with Crippen molar-refractivity contribution in [2.75, 3.05) is 6.61 Å². The molecule has 3 N–H and O–H groups in total. The first-order valence-electron chi connectivity index (χ1n) is 6.85. The van der Waals surface area contributed by atoms with Crippen LogP contribution < -0.4 is 10.6 Å². The lowest BCUT2D eigenvalue weighted by atomic mass is 9.98. The number of aliphatic hydroxyl groups excluding tert-OH is 1. The maximum atomic E-state index is 12.4. The molecule has 0 unspecified atom stereocenters. The van der Waals surface area contributed by atoms with Crippen LogP contribution in [0.5, 0.6) is 0 Å². The van der Waals surface area contributed by atoms with E-state index in [1.807, 2.05) is 0 Å². The number of nitrogens with zero attached hydrogens (tertiary/aromatic N) is 1. The van der Waals surface area contributed by atoms with Gasteiger partial charge in [0.25, 0.3) is 11.8 Å². The number of nitrogens with one attached hydrogen (secondary N) is 2. The van der Waals surface area contributed by atoms with Crippen LogP contribution in [0.4, 0.5) is 0 Å². The molecule has 1 aliphatic heterocycles. The summed E-state index contributed by atoms with van der Waals surface area (Å²) in [7, 11) is 0. The van der Waals surface area contributed by atoms with Crippen LogP contribution in [0.25, 0.3) is 0 Å². The highest BCUT2D eigenvalue weighted by Gasteiger charge is 2.36. The summed E-state index contributed by atoms with van der Waals surface area (Å²) in [6.45, 7) is 0.266. The van der Waals surface area contributed by atoms with Gasteiger partial charge in [-0.1, -0.05) is 12.8 Å². The van der Waals surface area contributed by atoms with Crippen LogP contribution in [0.2, 0.25) is 0 Å². The highest BCUT2D eigenvalue weighted by Crippen LogP contribution is 2.29. The topological polar surface area (TPSA) is 91.3 Å². The largest absolute Gasteiger partial charge is 0.394 e. The second-order valence-corrected chi connectivity index (χ2v) is 5.47. The number of aliphatic hydroxyl groups is 1. The fraction of sp³-hybridized carbons (Fsp3) is 0.500. The smallest absolute Gasteiger partial charge is 0.270 e. The van der Waals surface area contributed by atoms with Crippen molar-refractivity contribution < 1.29 is 14.7 Å². The van der Waals surface area contributed by atoms with Gasteiger partial charge < -0.3 is 15.7 Å². The molecule has 6 nitrogen and oxygen atoms in total. The molecule has 1 fully saturated rings. The summed E-state index contributed by atoms with van der Waals surface area (Å²) in [6, 6.07) is 1.62. The summed E-state index contributed by atoms with van der Waals surface area (Å²) in [6.07, 6.45) is 5.03. The van der Waals surface area contributed by atoms with Gasteiger partial charge in [-0.05, 0) is 18.9 Å². The number of hydrogen-bond donors (Lipinski definition) is 3. The molecule has 20 heavy (non-hydrogen) atoms.